The van der Waals surface area contributed by atoms with E-state index in [0.29, 0.717) is 24.9 Å². The number of carbonyl (C=O) groups is 1. The molecule has 0 saturated carbocycles. The third kappa shape index (κ3) is 5.81. The third-order valence-electron chi connectivity index (χ3n) is 3.86. The van der Waals surface area contributed by atoms with Crippen LogP contribution in [0.25, 0.3) is 0 Å². The third-order valence-corrected chi connectivity index (χ3v) is 4.99. The lowest BCUT2D eigenvalue weighted by atomic mass is 10.2. The summed E-state index contributed by atoms with van der Waals surface area (Å²) in [5, 5.41) is 13.6. The van der Waals surface area contributed by atoms with Gasteiger partial charge in [0.15, 0.2) is 0 Å². The smallest absolute Gasteiger partial charge is 0.271 e. The fourth-order valence-corrected chi connectivity index (χ4v) is 3.40. The Labute approximate surface area is 157 Å². The fraction of sp³-hybridized carbons (Fsp3) is 0.353. The number of nitro benzene ring substituents is 1. The number of rotatable bonds is 9. The van der Waals surface area contributed by atoms with Gasteiger partial charge in [0.1, 0.15) is 12.3 Å². The molecule has 0 bridgehead atoms. The number of carbonyl (C=O) groups excluding carboxylic acids is 1. The molecule has 27 heavy (non-hydrogen) atoms. The van der Waals surface area contributed by atoms with Crippen molar-refractivity contribution >= 4 is 27.3 Å². The summed E-state index contributed by atoms with van der Waals surface area (Å²) in [6, 6.07) is 7.50. The van der Waals surface area contributed by atoms with Crippen LogP contribution < -0.4 is 9.62 Å². The molecule has 10 heteroatoms. The number of hydrogen-bond donors (Lipinski definition) is 1. The van der Waals surface area contributed by atoms with Gasteiger partial charge in [-0.1, -0.05) is 6.07 Å². The van der Waals surface area contributed by atoms with E-state index in [0.717, 1.165) is 22.4 Å². The largest absolute Gasteiger partial charge is 0.469 e. The van der Waals surface area contributed by atoms with E-state index < -0.39 is 27.4 Å². The van der Waals surface area contributed by atoms with E-state index in [9.17, 15) is 23.3 Å². The van der Waals surface area contributed by atoms with Gasteiger partial charge >= 0.3 is 0 Å². The molecule has 0 radical (unpaired) electrons. The Morgan fingerprint density at radius 2 is 2.07 bits per heavy atom. The van der Waals surface area contributed by atoms with Crippen molar-refractivity contribution in [2.45, 2.75) is 19.8 Å². The summed E-state index contributed by atoms with van der Waals surface area (Å²) in [5.74, 6) is 0.306. The summed E-state index contributed by atoms with van der Waals surface area (Å²) in [6.45, 7) is 1.52. The maximum absolute atomic E-state index is 12.2. The van der Waals surface area contributed by atoms with Crippen molar-refractivity contribution in [2.24, 2.45) is 0 Å². The first-order valence-corrected chi connectivity index (χ1v) is 10.0. The molecule has 2 rings (SSSR count). The normalized spacial score (nSPS) is 11.2. The standard InChI is InChI=1S/C17H21N3O6S/c1-13-7-8-14(20(22)23)11-16(13)19(27(2,24)25)12-17(21)18-9-3-5-15-6-4-10-26-15/h4,6-8,10-11H,3,5,9,12H2,1-2H3,(H,18,21). The number of nitrogens with zero attached hydrogens (tertiary/aromatic N) is 2. The summed E-state index contributed by atoms with van der Waals surface area (Å²) in [6.07, 6.45) is 3.80. The quantitative estimate of drug-likeness (QED) is 0.394. The average molecular weight is 395 g/mol. The number of sulfonamides is 1. The molecule has 1 aromatic heterocycles. The van der Waals surface area contributed by atoms with Crippen LogP contribution in [0.1, 0.15) is 17.7 Å². The fourth-order valence-electron chi connectivity index (χ4n) is 2.49. The number of nitrogens with one attached hydrogen (secondary N) is 1. The lowest BCUT2D eigenvalue weighted by Crippen LogP contribution is -2.41. The highest BCUT2D eigenvalue weighted by atomic mass is 32.2. The number of benzene rings is 1. The monoisotopic (exact) mass is 395 g/mol. The van der Waals surface area contributed by atoms with E-state index in [4.69, 9.17) is 4.42 Å². The molecular weight excluding hydrogens is 374 g/mol. The molecule has 0 aliphatic carbocycles. The second-order valence-electron chi connectivity index (χ2n) is 6.03. The van der Waals surface area contributed by atoms with Crippen LogP contribution in [0.3, 0.4) is 0 Å². The molecule has 0 unspecified atom stereocenters. The predicted octanol–water partition coefficient (Wildman–Crippen LogP) is 2.01. The Bertz CT molecular complexity index is 909. The van der Waals surface area contributed by atoms with E-state index in [2.05, 4.69) is 5.32 Å². The van der Waals surface area contributed by atoms with Gasteiger partial charge < -0.3 is 9.73 Å². The van der Waals surface area contributed by atoms with Crippen LogP contribution in [0.5, 0.6) is 0 Å². The number of hydrogen-bond acceptors (Lipinski definition) is 6. The maximum atomic E-state index is 12.2. The first-order valence-electron chi connectivity index (χ1n) is 8.20. The van der Waals surface area contributed by atoms with Gasteiger partial charge in [-0.25, -0.2) is 8.42 Å². The van der Waals surface area contributed by atoms with Gasteiger partial charge in [-0.2, -0.15) is 0 Å². The van der Waals surface area contributed by atoms with Crippen LogP contribution in [-0.2, 0) is 21.2 Å². The van der Waals surface area contributed by atoms with Gasteiger partial charge in [0.25, 0.3) is 5.69 Å². The summed E-state index contributed by atoms with van der Waals surface area (Å²) in [4.78, 5) is 22.6. The Balaban J connectivity index is 2.05. The molecule has 0 saturated heterocycles. The second kappa shape index (κ2) is 8.67. The Morgan fingerprint density at radius 3 is 2.67 bits per heavy atom. The van der Waals surface area contributed by atoms with Gasteiger partial charge in [-0.05, 0) is 31.0 Å². The van der Waals surface area contributed by atoms with E-state index in [-0.39, 0.29) is 11.4 Å². The number of non-ortho nitro benzene ring substituents is 1. The molecule has 0 aliphatic rings. The molecule has 146 valence electrons. The van der Waals surface area contributed by atoms with Crippen LogP contribution in [0.15, 0.2) is 41.0 Å². The first-order chi connectivity index (χ1) is 12.7. The molecule has 9 nitrogen and oxygen atoms in total. The van der Waals surface area contributed by atoms with Gasteiger partial charge in [-0.15, -0.1) is 0 Å². The highest BCUT2D eigenvalue weighted by Crippen LogP contribution is 2.27. The molecule has 1 aromatic carbocycles. The Hall–Kier alpha value is -2.88. The van der Waals surface area contributed by atoms with E-state index >= 15 is 0 Å². The van der Waals surface area contributed by atoms with Gasteiger partial charge in [0, 0.05) is 25.1 Å². The van der Waals surface area contributed by atoms with Crippen LogP contribution in [-0.4, -0.2) is 38.6 Å². The summed E-state index contributed by atoms with van der Waals surface area (Å²) in [5.41, 5.74) is 0.372. The van der Waals surface area contributed by atoms with Gasteiger partial charge in [-0.3, -0.25) is 19.2 Å². The number of amides is 1. The highest BCUT2D eigenvalue weighted by molar-refractivity contribution is 7.92. The number of nitro groups is 1. The summed E-state index contributed by atoms with van der Waals surface area (Å²) in [7, 11) is -3.81. The number of furan rings is 1. The van der Waals surface area contributed by atoms with E-state index in [1.165, 1.54) is 12.1 Å². The topological polar surface area (TPSA) is 123 Å². The zero-order valence-corrected chi connectivity index (χ0v) is 15.9. The lowest BCUT2D eigenvalue weighted by Gasteiger charge is -2.23. The van der Waals surface area contributed by atoms with Crippen molar-refractivity contribution in [2.75, 3.05) is 23.7 Å². The summed E-state index contributed by atoms with van der Waals surface area (Å²) < 4.78 is 30.4. The molecule has 0 fully saturated rings. The average Bonchev–Trinajstić information content (AvgIpc) is 3.09. The van der Waals surface area contributed by atoms with Crippen molar-refractivity contribution < 1.29 is 22.6 Å². The zero-order valence-electron chi connectivity index (χ0n) is 15.0. The van der Waals surface area contributed by atoms with Crippen molar-refractivity contribution in [3.8, 4) is 0 Å². The van der Waals surface area contributed by atoms with Crippen LogP contribution in [0.4, 0.5) is 11.4 Å². The minimum atomic E-state index is -3.81. The summed E-state index contributed by atoms with van der Waals surface area (Å²) >= 11 is 0. The highest BCUT2D eigenvalue weighted by Gasteiger charge is 2.24. The predicted molar refractivity (Wildman–Crippen MR) is 100 cm³/mol. The molecule has 1 N–H and O–H groups in total. The molecule has 2 aromatic rings. The molecule has 0 spiro atoms. The van der Waals surface area contributed by atoms with Crippen molar-refractivity contribution in [3.05, 3.63) is 58.0 Å². The van der Waals surface area contributed by atoms with Crippen molar-refractivity contribution in [1.29, 1.82) is 0 Å². The molecular formula is C17H21N3O6S. The Morgan fingerprint density at radius 1 is 1.33 bits per heavy atom. The molecule has 1 heterocycles. The second-order valence-corrected chi connectivity index (χ2v) is 7.94. The minimum Gasteiger partial charge on any atom is -0.469 e. The van der Waals surface area contributed by atoms with E-state index in [1.807, 2.05) is 6.07 Å². The zero-order chi connectivity index (χ0) is 20.0. The maximum Gasteiger partial charge on any atom is 0.271 e. The lowest BCUT2D eigenvalue weighted by molar-refractivity contribution is -0.384. The molecule has 1 amide bonds. The van der Waals surface area contributed by atoms with Crippen LogP contribution >= 0.6 is 0 Å². The minimum absolute atomic E-state index is 0.109. The number of anilines is 1. The van der Waals surface area contributed by atoms with Gasteiger partial charge in [0.05, 0.1) is 23.1 Å². The van der Waals surface area contributed by atoms with E-state index in [1.54, 1.807) is 19.3 Å². The SMILES string of the molecule is Cc1ccc([N+](=O)[O-])cc1N(CC(=O)NCCCc1ccco1)S(C)(=O)=O. The van der Waals surface area contributed by atoms with Crippen LogP contribution in [0.2, 0.25) is 0 Å². The van der Waals surface area contributed by atoms with Gasteiger partial charge in [0.2, 0.25) is 15.9 Å². The first kappa shape index (κ1) is 20.4. The Kier molecular flexibility index (Phi) is 6.56. The van der Waals surface area contributed by atoms with Crippen molar-refractivity contribution in [1.82, 2.24) is 5.32 Å². The molecule has 0 atom stereocenters. The molecule has 0 aliphatic heterocycles. The number of aryl methyl sites for hydroxylation is 2. The van der Waals surface area contributed by atoms with Crippen LogP contribution in [0, 0.1) is 17.0 Å². The van der Waals surface area contributed by atoms with Crippen molar-refractivity contribution in [3.63, 3.8) is 0 Å².